The van der Waals surface area contributed by atoms with Crippen LogP contribution in [-0.4, -0.2) is 63.3 Å². The van der Waals surface area contributed by atoms with E-state index in [2.05, 4.69) is 26.5 Å². The van der Waals surface area contributed by atoms with E-state index in [0.29, 0.717) is 12.6 Å². The Bertz CT molecular complexity index is 910. The van der Waals surface area contributed by atoms with E-state index in [1.54, 1.807) is 0 Å². The molecule has 0 amide bonds. The van der Waals surface area contributed by atoms with E-state index in [-0.39, 0.29) is 5.28 Å². The van der Waals surface area contributed by atoms with Crippen molar-refractivity contribution in [2.24, 2.45) is 0 Å². The van der Waals surface area contributed by atoms with Crippen molar-refractivity contribution >= 4 is 34.2 Å². The molecule has 29 heavy (non-hydrogen) atoms. The first-order valence-corrected chi connectivity index (χ1v) is 9.34. The molecule has 0 atom stereocenters. The summed E-state index contributed by atoms with van der Waals surface area (Å²) in [5, 5.41) is 16.4. The van der Waals surface area contributed by atoms with Gasteiger partial charge in [-0.2, -0.15) is 23.3 Å². The normalized spacial score (nSPS) is 18.1. The smallest absolute Gasteiger partial charge is 0.475 e. The number of hydrogen-bond donors (Lipinski definition) is 2. The van der Waals surface area contributed by atoms with Gasteiger partial charge in [0.15, 0.2) is 5.65 Å². The van der Waals surface area contributed by atoms with E-state index in [1.807, 2.05) is 10.9 Å². The standard InChI is InChI=1S/C15H18ClN5O.C2HF3O2/c16-15-19-13(10-3-7-22-8-4-10)12-9-18-21(14(12)20-15)11-1-5-17-6-2-11;3-2(4,5)1(6)7/h3,9,11,17H,1-2,4-8H2;(H,6,7). The maximum atomic E-state index is 10.6. The molecule has 2 aliphatic rings. The van der Waals surface area contributed by atoms with Gasteiger partial charge in [-0.1, -0.05) is 6.08 Å². The summed E-state index contributed by atoms with van der Waals surface area (Å²) in [6.45, 7) is 3.37. The van der Waals surface area contributed by atoms with Crippen molar-refractivity contribution < 1.29 is 27.8 Å². The van der Waals surface area contributed by atoms with Gasteiger partial charge in [-0.05, 0) is 49.5 Å². The topological polar surface area (TPSA) is 102 Å². The average molecular weight is 434 g/mol. The minimum atomic E-state index is -5.08. The molecule has 0 saturated carbocycles. The van der Waals surface area contributed by atoms with E-state index in [4.69, 9.17) is 26.2 Å². The average Bonchev–Trinajstić information content (AvgIpc) is 3.12. The fourth-order valence-corrected chi connectivity index (χ4v) is 3.37. The molecule has 8 nitrogen and oxygen atoms in total. The van der Waals surface area contributed by atoms with Gasteiger partial charge in [-0.3, -0.25) is 0 Å². The lowest BCUT2D eigenvalue weighted by molar-refractivity contribution is -0.192. The molecule has 158 valence electrons. The molecule has 12 heteroatoms. The van der Waals surface area contributed by atoms with E-state index in [0.717, 1.165) is 55.7 Å². The molecular formula is C17H19ClF3N5O3. The predicted octanol–water partition coefficient (Wildman–Crippen LogP) is 2.84. The van der Waals surface area contributed by atoms with Gasteiger partial charge in [0.1, 0.15) is 0 Å². The predicted molar refractivity (Wildman–Crippen MR) is 98.6 cm³/mol. The highest BCUT2D eigenvalue weighted by atomic mass is 35.5. The molecule has 2 N–H and O–H groups in total. The Hall–Kier alpha value is -2.24. The van der Waals surface area contributed by atoms with Gasteiger partial charge in [0, 0.05) is 0 Å². The molecule has 2 aromatic heterocycles. The maximum Gasteiger partial charge on any atom is 0.490 e. The molecule has 4 heterocycles. The molecule has 4 rings (SSSR count). The van der Waals surface area contributed by atoms with Gasteiger partial charge in [-0.15, -0.1) is 0 Å². The molecular weight excluding hydrogens is 415 g/mol. The molecule has 0 unspecified atom stereocenters. The van der Waals surface area contributed by atoms with E-state index >= 15 is 0 Å². The van der Waals surface area contributed by atoms with Gasteiger partial charge in [0.05, 0.1) is 36.5 Å². The van der Waals surface area contributed by atoms with Crippen LogP contribution < -0.4 is 5.32 Å². The number of nitrogens with zero attached hydrogens (tertiary/aromatic N) is 4. The first kappa shape index (κ1) is 21.5. The van der Waals surface area contributed by atoms with Crippen molar-refractivity contribution in [3.8, 4) is 0 Å². The zero-order valence-electron chi connectivity index (χ0n) is 15.2. The van der Waals surface area contributed by atoms with Crippen molar-refractivity contribution in [3.63, 3.8) is 0 Å². The molecule has 1 saturated heterocycles. The highest BCUT2D eigenvalue weighted by Crippen LogP contribution is 2.30. The summed E-state index contributed by atoms with van der Waals surface area (Å²) in [5.41, 5.74) is 2.91. The third-order valence-corrected chi connectivity index (χ3v) is 4.76. The molecule has 2 aliphatic heterocycles. The first-order chi connectivity index (χ1) is 13.8. The van der Waals surface area contributed by atoms with Gasteiger partial charge in [0.25, 0.3) is 0 Å². The van der Waals surface area contributed by atoms with Crippen LogP contribution in [0.3, 0.4) is 0 Å². The van der Waals surface area contributed by atoms with Gasteiger partial charge < -0.3 is 15.2 Å². The van der Waals surface area contributed by atoms with Crippen LogP contribution in [0.25, 0.3) is 16.6 Å². The van der Waals surface area contributed by atoms with E-state index < -0.39 is 12.1 Å². The Morgan fingerprint density at radius 1 is 1.31 bits per heavy atom. The minimum Gasteiger partial charge on any atom is -0.475 e. The van der Waals surface area contributed by atoms with Crippen LogP contribution in [0.4, 0.5) is 13.2 Å². The molecule has 0 radical (unpaired) electrons. The van der Waals surface area contributed by atoms with Crippen molar-refractivity contribution in [3.05, 3.63) is 23.3 Å². The Morgan fingerprint density at radius 3 is 2.59 bits per heavy atom. The van der Waals surface area contributed by atoms with Gasteiger partial charge in [-0.25, -0.2) is 14.5 Å². The number of aromatic nitrogens is 4. The Kier molecular flexibility index (Phi) is 6.70. The number of piperidine rings is 1. The molecule has 0 aliphatic carbocycles. The van der Waals surface area contributed by atoms with Gasteiger partial charge >= 0.3 is 12.1 Å². The van der Waals surface area contributed by atoms with E-state index in [1.165, 1.54) is 5.57 Å². The Balaban J connectivity index is 0.000000298. The van der Waals surface area contributed by atoms with Crippen molar-refractivity contribution in [1.82, 2.24) is 25.1 Å². The number of hydrogen-bond acceptors (Lipinski definition) is 6. The summed E-state index contributed by atoms with van der Waals surface area (Å²) in [6, 6.07) is 0.376. The lowest BCUT2D eigenvalue weighted by Gasteiger charge is -2.23. The van der Waals surface area contributed by atoms with Crippen LogP contribution in [0.2, 0.25) is 5.28 Å². The van der Waals surface area contributed by atoms with Crippen LogP contribution in [0.5, 0.6) is 0 Å². The fraction of sp³-hybridized carbons (Fsp3) is 0.529. The summed E-state index contributed by atoms with van der Waals surface area (Å²) in [4.78, 5) is 17.8. The van der Waals surface area contributed by atoms with Crippen LogP contribution in [-0.2, 0) is 9.53 Å². The lowest BCUT2D eigenvalue weighted by Crippen LogP contribution is -2.30. The molecule has 2 aromatic rings. The third-order valence-electron chi connectivity index (χ3n) is 4.59. The van der Waals surface area contributed by atoms with Gasteiger partial charge in [0.2, 0.25) is 5.28 Å². The van der Waals surface area contributed by atoms with Crippen LogP contribution in [0.1, 0.15) is 31.0 Å². The van der Waals surface area contributed by atoms with Crippen LogP contribution >= 0.6 is 11.6 Å². The maximum absolute atomic E-state index is 10.6. The number of ether oxygens (including phenoxy) is 1. The highest BCUT2D eigenvalue weighted by molar-refractivity contribution is 6.28. The zero-order valence-corrected chi connectivity index (χ0v) is 16.0. The van der Waals surface area contributed by atoms with Crippen molar-refractivity contribution in [1.29, 1.82) is 0 Å². The van der Waals surface area contributed by atoms with Crippen molar-refractivity contribution in [2.75, 3.05) is 26.3 Å². The Labute approximate surface area is 168 Å². The molecule has 0 aromatic carbocycles. The second-order valence-electron chi connectivity index (χ2n) is 6.51. The monoisotopic (exact) mass is 433 g/mol. The number of aliphatic carboxylic acids is 1. The summed E-state index contributed by atoms with van der Waals surface area (Å²) < 4.78 is 39.1. The minimum absolute atomic E-state index is 0.283. The number of halogens is 4. The molecule has 1 fully saturated rings. The Morgan fingerprint density at radius 2 is 2.00 bits per heavy atom. The number of alkyl halides is 3. The zero-order chi connectivity index (χ0) is 21.0. The molecule has 0 spiro atoms. The number of carboxylic acids is 1. The summed E-state index contributed by atoms with van der Waals surface area (Å²) in [5.74, 6) is -2.76. The molecule has 0 bridgehead atoms. The van der Waals surface area contributed by atoms with Crippen LogP contribution in [0.15, 0.2) is 12.3 Å². The number of nitrogens with one attached hydrogen (secondary N) is 1. The third kappa shape index (κ3) is 5.22. The first-order valence-electron chi connectivity index (χ1n) is 8.96. The summed E-state index contributed by atoms with van der Waals surface area (Å²) in [7, 11) is 0. The second kappa shape index (κ2) is 9.06. The number of carbonyl (C=O) groups is 1. The van der Waals surface area contributed by atoms with E-state index in [9.17, 15) is 13.2 Å². The second-order valence-corrected chi connectivity index (χ2v) is 6.84. The number of fused-ring (bicyclic) bond motifs is 1. The quantitative estimate of drug-likeness (QED) is 0.702. The highest BCUT2D eigenvalue weighted by Gasteiger charge is 2.38. The number of carboxylic acid groups (broad SMARTS) is 1. The largest absolute Gasteiger partial charge is 0.490 e. The van der Waals surface area contributed by atoms with Crippen LogP contribution in [0, 0.1) is 0 Å². The number of rotatable bonds is 2. The van der Waals surface area contributed by atoms with Crippen molar-refractivity contribution in [2.45, 2.75) is 31.5 Å². The summed E-state index contributed by atoms with van der Waals surface area (Å²) in [6.07, 6.45) is 1.83. The lowest BCUT2D eigenvalue weighted by atomic mass is 10.0. The SMILES string of the molecule is Clc1nc(C2=CCOCC2)c2cnn(C3CCNCC3)c2n1.O=C(O)C(F)(F)F. The summed E-state index contributed by atoms with van der Waals surface area (Å²) >= 11 is 6.18. The fourth-order valence-electron chi connectivity index (χ4n) is 3.20.